The molecule has 5 nitrogen and oxygen atoms in total. The summed E-state index contributed by atoms with van der Waals surface area (Å²) in [6.07, 6.45) is 4.81. The third-order valence-electron chi connectivity index (χ3n) is 2.89. The number of anilines is 1. The minimum Gasteiger partial charge on any atom is -0.375 e. The zero-order valence-electron chi connectivity index (χ0n) is 11.2. The number of imidazole rings is 1. The highest BCUT2D eigenvalue weighted by Crippen LogP contribution is 2.20. The van der Waals surface area contributed by atoms with Crippen LogP contribution in [0.3, 0.4) is 0 Å². The molecule has 0 amide bonds. The number of sulfone groups is 1. The largest absolute Gasteiger partial charge is 0.375 e. The second-order valence-electron chi connectivity index (χ2n) is 4.56. The van der Waals surface area contributed by atoms with Crippen LogP contribution in [-0.2, 0) is 16.9 Å². The van der Waals surface area contributed by atoms with Crippen LogP contribution in [0.5, 0.6) is 0 Å². The molecule has 0 radical (unpaired) electrons. The molecule has 1 aromatic carbocycles. The maximum Gasteiger partial charge on any atom is 0.175 e. The number of benzene rings is 1. The van der Waals surface area contributed by atoms with Crippen molar-refractivity contribution in [3.05, 3.63) is 42.5 Å². The third-order valence-corrected chi connectivity index (χ3v) is 4.00. The van der Waals surface area contributed by atoms with E-state index in [1.807, 2.05) is 30.8 Å². The van der Waals surface area contributed by atoms with Gasteiger partial charge >= 0.3 is 0 Å². The Bertz CT molecular complexity index is 677. The summed E-state index contributed by atoms with van der Waals surface area (Å²) in [5, 5.41) is 3.25. The Labute approximate surface area is 113 Å². The first-order valence-corrected chi connectivity index (χ1v) is 7.81. The molecule has 102 valence electrons. The lowest BCUT2D eigenvalue weighted by molar-refractivity contribution is 0.602. The van der Waals surface area contributed by atoms with Crippen LogP contribution < -0.4 is 5.32 Å². The Morgan fingerprint density at radius 1 is 1.37 bits per heavy atom. The van der Waals surface area contributed by atoms with Crippen molar-refractivity contribution in [2.45, 2.75) is 17.9 Å². The molecule has 1 heterocycles. The first kappa shape index (κ1) is 13.6. The summed E-state index contributed by atoms with van der Waals surface area (Å²) in [6.45, 7) is 1.98. The molecule has 1 atom stereocenters. The molecule has 0 saturated carbocycles. The highest BCUT2D eigenvalue weighted by molar-refractivity contribution is 7.90. The SMILES string of the molecule is CC(Nc1cccc(S(C)(=O)=O)c1)c1nccn1C. The molecule has 0 spiro atoms. The average Bonchev–Trinajstić information content (AvgIpc) is 2.75. The van der Waals surface area contributed by atoms with Crippen LogP contribution in [0, 0.1) is 0 Å². The van der Waals surface area contributed by atoms with Crippen molar-refractivity contribution in [2.75, 3.05) is 11.6 Å². The average molecular weight is 279 g/mol. The molecule has 1 N–H and O–H groups in total. The molecule has 0 aliphatic heterocycles. The Morgan fingerprint density at radius 2 is 2.11 bits per heavy atom. The molecule has 0 bridgehead atoms. The summed E-state index contributed by atoms with van der Waals surface area (Å²) in [6, 6.07) is 6.79. The van der Waals surface area contributed by atoms with Crippen LogP contribution in [0.4, 0.5) is 5.69 Å². The van der Waals surface area contributed by atoms with Gasteiger partial charge in [-0.3, -0.25) is 0 Å². The number of aryl methyl sites for hydroxylation is 1. The lowest BCUT2D eigenvalue weighted by atomic mass is 10.2. The van der Waals surface area contributed by atoms with Gasteiger partial charge in [-0.05, 0) is 25.1 Å². The molecule has 1 aromatic heterocycles. The fourth-order valence-corrected chi connectivity index (χ4v) is 2.59. The quantitative estimate of drug-likeness (QED) is 0.929. The number of rotatable bonds is 4. The first-order chi connectivity index (χ1) is 8.88. The van der Waals surface area contributed by atoms with Gasteiger partial charge in [0, 0.05) is 31.4 Å². The van der Waals surface area contributed by atoms with Gasteiger partial charge in [0.15, 0.2) is 9.84 Å². The van der Waals surface area contributed by atoms with Crippen molar-refractivity contribution in [3.8, 4) is 0 Å². The van der Waals surface area contributed by atoms with E-state index in [1.165, 1.54) is 6.26 Å². The predicted octanol–water partition coefficient (Wildman–Crippen LogP) is 2.00. The summed E-state index contributed by atoms with van der Waals surface area (Å²) < 4.78 is 24.9. The lowest BCUT2D eigenvalue weighted by Crippen LogP contribution is -2.12. The summed E-state index contributed by atoms with van der Waals surface area (Å²) in [7, 11) is -1.26. The number of nitrogens with one attached hydrogen (secondary N) is 1. The van der Waals surface area contributed by atoms with E-state index in [0.717, 1.165) is 11.5 Å². The second-order valence-corrected chi connectivity index (χ2v) is 6.58. The van der Waals surface area contributed by atoms with Crippen LogP contribution >= 0.6 is 0 Å². The zero-order chi connectivity index (χ0) is 14.0. The molecule has 0 saturated heterocycles. The van der Waals surface area contributed by atoms with Gasteiger partial charge in [-0.2, -0.15) is 0 Å². The monoisotopic (exact) mass is 279 g/mol. The molecular weight excluding hydrogens is 262 g/mol. The van der Waals surface area contributed by atoms with Gasteiger partial charge in [0.2, 0.25) is 0 Å². The molecule has 0 fully saturated rings. The number of nitrogens with zero attached hydrogens (tertiary/aromatic N) is 2. The van der Waals surface area contributed by atoms with Gasteiger partial charge in [-0.1, -0.05) is 6.07 Å². The summed E-state index contributed by atoms with van der Waals surface area (Å²) in [5.41, 5.74) is 0.762. The Hall–Kier alpha value is -1.82. The van der Waals surface area contributed by atoms with Crippen molar-refractivity contribution in [3.63, 3.8) is 0 Å². The van der Waals surface area contributed by atoms with E-state index < -0.39 is 9.84 Å². The molecule has 2 rings (SSSR count). The van der Waals surface area contributed by atoms with Gasteiger partial charge in [0.05, 0.1) is 10.9 Å². The van der Waals surface area contributed by atoms with Crippen molar-refractivity contribution in [2.24, 2.45) is 7.05 Å². The fraction of sp³-hybridized carbons (Fsp3) is 0.308. The smallest absolute Gasteiger partial charge is 0.175 e. The standard InChI is InChI=1S/C13H17N3O2S/c1-10(13-14-7-8-16(13)2)15-11-5-4-6-12(9-11)19(3,17)18/h4-10,15H,1-3H3. The zero-order valence-corrected chi connectivity index (χ0v) is 12.0. The van der Waals surface area contributed by atoms with Crippen molar-refractivity contribution in [1.82, 2.24) is 9.55 Å². The van der Waals surface area contributed by atoms with Crippen LogP contribution in [0.15, 0.2) is 41.6 Å². The highest BCUT2D eigenvalue weighted by Gasteiger charge is 2.12. The first-order valence-electron chi connectivity index (χ1n) is 5.92. The van der Waals surface area contributed by atoms with E-state index in [2.05, 4.69) is 10.3 Å². The number of aromatic nitrogens is 2. The maximum absolute atomic E-state index is 11.5. The minimum absolute atomic E-state index is 0.00481. The van der Waals surface area contributed by atoms with Crippen molar-refractivity contribution in [1.29, 1.82) is 0 Å². The summed E-state index contributed by atoms with van der Waals surface area (Å²) in [4.78, 5) is 4.58. The molecule has 19 heavy (non-hydrogen) atoms. The lowest BCUT2D eigenvalue weighted by Gasteiger charge is -2.15. The van der Waals surface area contributed by atoms with Crippen LogP contribution in [0.25, 0.3) is 0 Å². The number of hydrogen-bond acceptors (Lipinski definition) is 4. The second kappa shape index (κ2) is 5.05. The minimum atomic E-state index is -3.18. The molecule has 6 heteroatoms. The van der Waals surface area contributed by atoms with Gasteiger partial charge in [0.1, 0.15) is 5.82 Å². The Balaban J connectivity index is 2.23. The van der Waals surface area contributed by atoms with Gasteiger partial charge < -0.3 is 9.88 Å². The molecule has 0 aliphatic rings. The van der Waals surface area contributed by atoms with Crippen LogP contribution in [0.1, 0.15) is 18.8 Å². The topological polar surface area (TPSA) is 64.0 Å². The van der Waals surface area contributed by atoms with E-state index in [4.69, 9.17) is 0 Å². The Kier molecular flexibility index (Phi) is 3.61. The van der Waals surface area contributed by atoms with Crippen LogP contribution in [-0.4, -0.2) is 24.2 Å². The number of hydrogen-bond donors (Lipinski definition) is 1. The van der Waals surface area contributed by atoms with Crippen LogP contribution in [0.2, 0.25) is 0 Å². The summed E-state index contributed by atoms with van der Waals surface area (Å²) in [5.74, 6) is 0.893. The van der Waals surface area contributed by atoms with E-state index in [-0.39, 0.29) is 6.04 Å². The van der Waals surface area contributed by atoms with E-state index in [0.29, 0.717) is 4.90 Å². The van der Waals surface area contributed by atoms with Gasteiger partial charge in [0.25, 0.3) is 0 Å². The molecule has 2 aromatic rings. The van der Waals surface area contributed by atoms with E-state index >= 15 is 0 Å². The van der Waals surface area contributed by atoms with Crippen molar-refractivity contribution < 1.29 is 8.42 Å². The maximum atomic E-state index is 11.5. The third kappa shape index (κ3) is 3.14. The molecule has 1 unspecified atom stereocenters. The molecule has 0 aliphatic carbocycles. The fourth-order valence-electron chi connectivity index (χ4n) is 1.93. The Morgan fingerprint density at radius 3 is 2.68 bits per heavy atom. The van der Waals surface area contributed by atoms with Gasteiger partial charge in [-0.15, -0.1) is 0 Å². The summed E-state index contributed by atoms with van der Waals surface area (Å²) >= 11 is 0. The van der Waals surface area contributed by atoms with Gasteiger partial charge in [-0.25, -0.2) is 13.4 Å². The van der Waals surface area contributed by atoms with Crippen molar-refractivity contribution >= 4 is 15.5 Å². The van der Waals surface area contributed by atoms with E-state index in [9.17, 15) is 8.42 Å². The molecular formula is C13H17N3O2S. The van der Waals surface area contributed by atoms with E-state index in [1.54, 1.807) is 24.4 Å². The predicted molar refractivity (Wildman–Crippen MR) is 74.8 cm³/mol. The normalized spacial score (nSPS) is 13.2. The highest BCUT2D eigenvalue weighted by atomic mass is 32.2.